The number of nitrogens with two attached hydrogens (primary N) is 1. The van der Waals surface area contributed by atoms with Crippen molar-refractivity contribution in [2.24, 2.45) is 0 Å². The number of carbonyl (C=O) groups is 1. The minimum Gasteiger partial charge on any atom is -0.473 e. The van der Waals surface area contributed by atoms with Gasteiger partial charge in [-0.25, -0.2) is 4.79 Å². The Kier molecular flexibility index (Phi) is 6.27. The molecule has 0 saturated carbocycles. The molecule has 124 valence electrons. The number of hydrogen-bond acceptors (Lipinski definition) is 6. The normalized spacial score (nSPS) is 11.2. The van der Waals surface area contributed by atoms with E-state index >= 15 is 0 Å². The molecule has 0 spiro atoms. The van der Waals surface area contributed by atoms with Gasteiger partial charge in [-0.2, -0.15) is 4.98 Å². The summed E-state index contributed by atoms with van der Waals surface area (Å²) in [6, 6.07) is 3.49. The molecule has 0 aliphatic rings. The number of hydrogen-bond donors (Lipinski definition) is 3. The van der Waals surface area contributed by atoms with Crippen molar-refractivity contribution in [3.05, 3.63) is 12.1 Å². The Bertz CT molecular complexity index is 498. The van der Waals surface area contributed by atoms with Crippen LogP contribution in [0.15, 0.2) is 12.1 Å². The van der Waals surface area contributed by atoms with Crippen LogP contribution in [0.4, 0.5) is 16.3 Å². The van der Waals surface area contributed by atoms with E-state index in [1.807, 2.05) is 34.6 Å². The van der Waals surface area contributed by atoms with E-state index < -0.39 is 11.7 Å². The summed E-state index contributed by atoms with van der Waals surface area (Å²) in [4.78, 5) is 15.8. The second-order valence-electron chi connectivity index (χ2n) is 6.11. The molecule has 1 aromatic rings. The van der Waals surface area contributed by atoms with Crippen LogP contribution < -0.4 is 21.1 Å². The first-order chi connectivity index (χ1) is 10.2. The van der Waals surface area contributed by atoms with Crippen LogP contribution in [-0.4, -0.2) is 35.9 Å². The summed E-state index contributed by atoms with van der Waals surface area (Å²) in [5.41, 5.74) is 5.79. The highest BCUT2D eigenvalue weighted by Gasteiger charge is 2.15. The van der Waals surface area contributed by atoms with Crippen molar-refractivity contribution < 1.29 is 14.3 Å². The first kappa shape index (κ1) is 17.9. The zero-order valence-electron chi connectivity index (χ0n) is 13.9. The van der Waals surface area contributed by atoms with Gasteiger partial charge in [-0.3, -0.25) is 0 Å². The predicted molar refractivity (Wildman–Crippen MR) is 87.1 cm³/mol. The molecule has 0 bridgehead atoms. The fourth-order valence-electron chi connectivity index (χ4n) is 1.54. The Labute approximate surface area is 131 Å². The standard InChI is InChI=1S/C15H26N4O3/c1-10(2)21-13-11(16)6-7-12(19-13)17-8-9-18-14(20)22-15(3,4)5/h6-7,10H,8-9,16H2,1-5H3,(H,17,19)(H,18,20). The van der Waals surface area contributed by atoms with Crippen LogP contribution >= 0.6 is 0 Å². The summed E-state index contributed by atoms with van der Waals surface area (Å²) in [5.74, 6) is 1.04. The second kappa shape index (κ2) is 7.72. The number of anilines is 2. The van der Waals surface area contributed by atoms with Gasteiger partial charge in [0.05, 0.1) is 11.8 Å². The fourth-order valence-corrected chi connectivity index (χ4v) is 1.54. The molecule has 7 nitrogen and oxygen atoms in total. The minimum atomic E-state index is -0.501. The van der Waals surface area contributed by atoms with Crippen LogP contribution in [0.2, 0.25) is 0 Å². The number of aromatic nitrogens is 1. The van der Waals surface area contributed by atoms with Crippen LogP contribution in [-0.2, 0) is 4.74 Å². The number of ether oxygens (including phenoxy) is 2. The summed E-state index contributed by atoms with van der Waals surface area (Å²) in [7, 11) is 0. The molecule has 0 unspecified atom stereocenters. The van der Waals surface area contributed by atoms with Crippen molar-refractivity contribution in [1.29, 1.82) is 0 Å². The van der Waals surface area contributed by atoms with Crippen molar-refractivity contribution in [2.75, 3.05) is 24.1 Å². The van der Waals surface area contributed by atoms with Gasteiger partial charge in [-0.05, 0) is 46.8 Å². The number of nitrogen functional groups attached to an aromatic ring is 1. The van der Waals surface area contributed by atoms with Gasteiger partial charge in [0.25, 0.3) is 0 Å². The molecule has 0 atom stereocenters. The average molecular weight is 310 g/mol. The molecule has 7 heteroatoms. The third-order valence-electron chi connectivity index (χ3n) is 2.34. The van der Waals surface area contributed by atoms with Crippen LogP contribution in [0.1, 0.15) is 34.6 Å². The lowest BCUT2D eigenvalue weighted by molar-refractivity contribution is 0.0530. The third-order valence-corrected chi connectivity index (χ3v) is 2.34. The monoisotopic (exact) mass is 310 g/mol. The molecule has 1 rings (SSSR count). The highest BCUT2D eigenvalue weighted by molar-refractivity contribution is 5.67. The first-order valence-corrected chi connectivity index (χ1v) is 7.31. The quantitative estimate of drug-likeness (QED) is 0.698. The molecule has 0 aliphatic heterocycles. The van der Waals surface area contributed by atoms with Gasteiger partial charge in [0.15, 0.2) is 0 Å². The Morgan fingerprint density at radius 3 is 2.59 bits per heavy atom. The maximum Gasteiger partial charge on any atom is 0.407 e. The summed E-state index contributed by atoms with van der Waals surface area (Å²) in [6.07, 6.45) is -0.442. The van der Waals surface area contributed by atoms with E-state index in [-0.39, 0.29) is 6.10 Å². The molecular formula is C15H26N4O3. The lowest BCUT2D eigenvalue weighted by atomic mass is 10.2. The van der Waals surface area contributed by atoms with Crippen LogP contribution in [0.25, 0.3) is 0 Å². The van der Waals surface area contributed by atoms with Crippen LogP contribution in [0.3, 0.4) is 0 Å². The molecule has 0 aliphatic carbocycles. The number of carbonyl (C=O) groups excluding carboxylic acids is 1. The van der Waals surface area contributed by atoms with E-state index in [9.17, 15) is 4.79 Å². The van der Waals surface area contributed by atoms with E-state index in [2.05, 4.69) is 15.6 Å². The highest BCUT2D eigenvalue weighted by atomic mass is 16.6. The number of amides is 1. The highest BCUT2D eigenvalue weighted by Crippen LogP contribution is 2.21. The minimum absolute atomic E-state index is 0.00103. The van der Waals surface area contributed by atoms with Crippen LogP contribution in [0, 0.1) is 0 Å². The fraction of sp³-hybridized carbons (Fsp3) is 0.600. The van der Waals surface area contributed by atoms with Crippen molar-refractivity contribution in [2.45, 2.75) is 46.3 Å². The summed E-state index contributed by atoms with van der Waals surface area (Å²) < 4.78 is 10.7. The van der Waals surface area contributed by atoms with E-state index in [1.165, 1.54) is 0 Å². The SMILES string of the molecule is CC(C)Oc1nc(NCCNC(=O)OC(C)(C)C)ccc1N. The number of pyridine rings is 1. The molecular weight excluding hydrogens is 284 g/mol. The van der Waals surface area contributed by atoms with Crippen molar-refractivity contribution in [3.63, 3.8) is 0 Å². The average Bonchev–Trinajstić information content (AvgIpc) is 2.35. The molecule has 1 amide bonds. The van der Waals surface area contributed by atoms with Crippen molar-refractivity contribution >= 4 is 17.6 Å². The summed E-state index contributed by atoms with van der Waals surface area (Å²) in [6.45, 7) is 10.2. The van der Waals surface area contributed by atoms with Gasteiger partial charge in [0.2, 0.25) is 5.88 Å². The maximum absolute atomic E-state index is 11.5. The summed E-state index contributed by atoms with van der Waals surface area (Å²) in [5, 5.41) is 5.75. The van der Waals surface area contributed by atoms with Gasteiger partial charge < -0.3 is 25.8 Å². The Morgan fingerprint density at radius 2 is 2.00 bits per heavy atom. The van der Waals surface area contributed by atoms with Gasteiger partial charge in [-0.1, -0.05) is 0 Å². The zero-order chi connectivity index (χ0) is 16.8. The van der Waals surface area contributed by atoms with Gasteiger partial charge in [-0.15, -0.1) is 0 Å². The lowest BCUT2D eigenvalue weighted by Gasteiger charge is -2.19. The van der Waals surface area contributed by atoms with Crippen molar-refractivity contribution in [1.82, 2.24) is 10.3 Å². The van der Waals surface area contributed by atoms with Crippen molar-refractivity contribution in [3.8, 4) is 5.88 Å². The molecule has 0 saturated heterocycles. The Balaban J connectivity index is 2.41. The van der Waals surface area contributed by atoms with E-state index in [0.717, 1.165) is 0 Å². The molecule has 0 radical (unpaired) electrons. The zero-order valence-corrected chi connectivity index (χ0v) is 13.9. The Hall–Kier alpha value is -2.18. The summed E-state index contributed by atoms with van der Waals surface area (Å²) >= 11 is 0. The van der Waals surface area contributed by atoms with Crippen LogP contribution in [0.5, 0.6) is 5.88 Å². The number of alkyl carbamates (subject to hydrolysis) is 1. The number of rotatable bonds is 6. The number of nitrogens with zero attached hydrogens (tertiary/aromatic N) is 1. The van der Waals surface area contributed by atoms with E-state index in [1.54, 1.807) is 12.1 Å². The van der Waals surface area contributed by atoms with Gasteiger partial charge >= 0.3 is 6.09 Å². The molecule has 22 heavy (non-hydrogen) atoms. The Morgan fingerprint density at radius 1 is 1.32 bits per heavy atom. The smallest absolute Gasteiger partial charge is 0.407 e. The first-order valence-electron chi connectivity index (χ1n) is 7.31. The molecule has 1 heterocycles. The van der Waals surface area contributed by atoms with Gasteiger partial charge in [0.1, 0.15) is 11.4 Å². The van der Waals surface area contributed by atoms with E-state index in [4.69, 9.17) is 15.2 Å². The van der Waals surface area contributed by atoms with E-state index in [0.29, 0.717) is 30.5 Å². The largest absolute Gasteiger partial charge is 0.473 e. The molecule has 0 aromatic carbocycles. The topological polar surface area (TPSA) is 98.5 Å². The molecule has 4 N–H and O–H groups in total. The molecule has 1 aromatic heterocycles. The third kappa shape index (κ3) is 7.01. The van der Waals surface area contributed by atoms with Gasteiger partial charge in [0, 0.05) is 13.1 Å². The number of nitrogens with one attached hydrogen (secondary N) is 2. The predicted octanol–water partition coefficient (Wildman–Crippen LogP) is 2.39. The lowest BCUT2D eigenvalue weighted by Crippen LogP contribution is -2.35. The second-order valence-corrected chi connectivity index (χ2v) is 6.11. The maximum atomic E-state index is 11.5. The molecule has 0 fully saturated rings.